The van der Waals surface area contributed by atoms with Crippen molar-refractivity contribution >= 4 is 17.6 Å². The van der Waals surface area contributed by atoms with Crippen molar-refractivity contribution in [3.05, 3.63) is 54.2 Å². The molecule has 10 heteroatoms. The Labute approximate surface area is 149 Å². The smallest absolute Gasteiger partial charge is 0.316 e. The van der Waals surface area contributed by atoms with E-state index in [0.29, 0.717) is 49.2 Å². The highest BCUT2D eigenvalue weighted by molar-refractivity contribution is 6.47. The second-order valence-electron chi connectivity index (χ2n) is 5.63. The number of hydrogen-bond donors (Lipinski definition) is 2. The Morgan fingerprint density at radius 3 is 2.96 bits per heavy atom. The number of anilines is 1. The Morgan fingerprint density at radius 1 is 1.31 bits per heavy atom. The number of aromatic nitrogens is 2. The first-order valence-corrected chi connectivity index (χ1v) is 7.99. The largest absolute Gasteiger partial charge is 0.402 e. The van der Waals surface area contributed by atoms with Gasteiger partial charge in [0, 0.05) is 13.7 Å². The van der Waals surface area contributed by atoms with Crippen molar-refractivity contribution in [3.63, 3.8) is 0 Å². The number of benzene rings is 1. The minimum absolute atomic E-state index is 0.302. The van der Waals surface area contributed by atoms with Crippen LogP contribution in [0.15, 0.2) is 57.2 Å². The van der Waals surface area contributed by atoms with Gasteiger partial charge in [-0.2, -0.15) is 0 Å². The van der Waals surface area contributed by atoms with Gasteiger partial charge < -0.3 is 14.5 Å². The molecule has 0 radical (unpaired) electrons. The van der Waals surface area contributed by atoms with E-state index in [1.54, 1.807) is 12.1 Å². The summed E-state index contributed by atoms with van der Waals surface area (Å²) < 4.78 is 10.8. The first kappa shape index (κ1) is 16.1. The third-order valence-corrected chi connectivity index (χ3v) is 3.91. The molecule has 0 saturated heterocycles. The maximum atomic E-state index is 5.68. The van der Waals surface area contributed by atoms with Crippen molar-refractivity contribution < 1.29 is 9.15 Å². The number of rotatable bonds is 6. The zero-order chi connectivity index (χ0) is 17.9. The van der Waals surface area contributed by atoms with Crippen LogP contribution in [0, 0.1) is 0 Å². The Morgan fingerprint density at radius 2 is 2.15 bits per heavy atom. The van der Waals surface area contributed by atoms with E-state index < -0.39 is 0 Å². The highest BCUT2D eigenvalue weighted by Crippen LogP contribution is 2.21. The summed E-state index contributed by atoms with van der Waals surface area (Å²) in [6, 6.07) is 10.3. The molecule has 2 N–H and O–H groups in total. The van der Waals surface area contributed by atoms with Crippen LogP contribution in [0.4, 0.5) is 6.01 Å². The maximum absolute atomic E-state index is 5.68. The van der Waals surface area contributed by atoms with Gasteiger partial charge in [0.1, 0.15) is 19.2 Å². The molecule has 2 aromatic rings. The van der Waals surface area contributed by atoms with Gasteiger partial charge in [-0.05, 0) is 5.56 Å². The molecule has 0 amide bonds. The number of hydrazone groups is 1. The van der Waals surface area contributed by atoms with Crippen molar-refractivity contribution in [1.29, 1.82) is 0 Å². The zero-order valence-corrected chi connectivity index (χ0v) is 14.2. The lowest BCUT2D eigenvalue weighted by molar-refractivity contribution is 0.0321. The number of nitrogens with one attached hydrogen (secondary N) is 2. The van der Waals surface area contributed by atoms with Crippen LogP contribution in [0.1, 0.15) is 11.5 Å². The van der Waals surface area contributed by atoms with E-state index in [1.165, 1.54) is 0 Å². The van der Waals surface area contributed by atoms with E-state index in [4.69, 9.17) is 9.15 Å². The number of ether oxygens (including phenoxy) is 1. The van der Waals surface area contributed by atoms with E-state index in [0.717, 1.165) is 5.56 Å². The summed E-state index contributed by atoms with van der Waals surface area (Å²) in [4.78, 5) is 6.29. The molecule has 2 aliphatic heterocycles. The average Bonchev–Trinajstić information content (AvgIpc) is 3.30. The standard InChI is InChI=1S/C16H18N8O2/c1-11-23-9-18-13(14(23)19-22-24(11)10-25-2)15-20-21-16(26-15)17-8-12-6-4-3-5-7-12/h3-7,22H,1,8-10H2,2H3,(H,17,21). The van der Waals surface area contributed by atoms with Crippen LogP contribution in [0.2, 0.25) is 0 Å². The third kappa shape index (κ3) is 2.97. The molecule has 4 rings (SSSR count). The molecule has 1 aromatic carbocycles. The van der Waals surface area contributed by atoms with Crippen LogP contribution in [-0.4, -0.2) is 52.2 Å². The van der Waals surface area contributed by atoms with Crippen LogP contribution in [-0.2, 0) is 11.3 Å². The normalized spacial score (nSPS) is 16.1. The molecule has 26 heavy (non-hydrogen) atoms. The number of hydrazine groups is 1. The van der Waals surface area contributed by atoms with Crippen LogP contribution in [0.5, 0.6) is 0 Å². The van der Waals surface area contributed by atoms with Crippen molar-refractivity contribution in [2.45, 2.75) is 6.54 Å². The van der Waals surface area contributed by atoms with Crippen molar-refractivity contribution in [2.75, 3.05) is 25.8 Å². The number of amidine groups is 1. The molecule has 2 aliphatic rings. The fourth-order valence-electron chi connectivity index (χ4n) is 2.59. The summed E-state index contributed by atoms with van der Waals surface area (Å²) in [6.45, 7) is 5.31. The third-order valence-electron chi connectivity index (χ3n) is 3.91. The fraction of sp³-hybridized carbons (Fsp3) is 0.250. The van der Waals surface area contributed by atoms with Gasteiger partial charge in [0.25, 0.3) is 5.89 Å². The first-order chi connectivity index (χ1) is 12.8. The number of aliphatic imine (C=N–C) groups is 1. The predicted octanol–water partition coefficient (Wildman–Crippen LogP) is 0.953. The molecule has 0 unspecified atom stereocenters. The molecule has 0 aliphatic carbocycles. The second kappa shape index (κ2) is 6.84. The quantitative estimate of drug-likeness (QED) is 0.790. The molecule has 0 fully saturated rings. The molecule has 1 aromatic heterocycles. The fourth-order valence-corrected chi connectivity index (χ4v) is 2.59. The summed E-state index contributed by atoms with van der Waals surface area (Å²) in [6.07, 6.45) is 0. The van der Waals surface area contributed by atoms with Crippen molar-refractivity contribution in [3.8, 4) is 0 Å². The van der Waals surface area contributed by atoms with Gasteiger partial charge in [-0.1, -0.05) is 42.0 Å². The molecule has 0 spiro atoms. The molecular weight excluding hydrogens is 336 g/mol. The zero-order valence-electron chi connectivity index (χ0n) is 14.2. The summed E-state index contributed by atoms with van der Waals surface area (Å²) in [5.41, 5.74) is 4.50. The highest BCUT2D eigenvalue weighted by Gasteiger charge is 2.35. The molecule has 134 valence electrons. The highest BCUT2D eigenvalue weighted by atomic mass is 16.5. The van der Waals surface area contributed by atoms with Gasteiger partial charge in [-0.3, -0.25) is 9.89 Å². The Bertz CT molecular complexity index is 860. The van der Waals surface area contributed by atoms with Gasteiger partial charge in [0.15, 0.2) is 11.5 Å². The lowest BCUT2D eigenvalue weighted by Gasteiger charge is -2.34. The van der Waals surface area contributed by atoms with Gasteiger partial charge in [-0.25, -0.2) is 10.5 Å². The molecule has 10 nitrogen and oxygen atoms in total. The van der Waals surface area contributed by atoms with E-state index >= 15 is 0 Å². The van der Waals surface area contributed by atoms with Crippen LogP contribution in [0.3, 0.4) is 0 Å². The molecule has 3 heterocycles. The Balaban J connectivity index is 1.46. The van der Waals surface area contributed by atoms with Gasteiger partial charge in [0.05, 0.1) is 0 Å². The Hall–Kier alpha value is -3.40. The minimum Gasteiger partial charge on any atom is -0.402 e. The molecule has 0 atom stereocenters. The lowest BCUT2D eigenvalue weighted by Crippen LogP contribution is -2.49. The molecular formula is C16H18N8O2. The maximum Gasteiger partial charge on any atom is 0.316 e. The van der Waals surface area contributed by atoms with Crippen molar-refractivity contribution in [1.82, 2.24) is 25.6 Å². The second-order valence-corrected chi connectivity index (χ2v) is 5.63. The number of methoxy groups -OCH3 is 1. The van der Waals surface area contributed by atoms with Gasteiger partial charge in [0.2, 0.25) is 0 Å². The summed E-state index contributed by atoms with van der Waals surface area (Å²) in [7, 11) is 1.60. The monoisotopic (exact) mass is 354 g/mol. The number of hydrogen-bond acceptors (Lipinski definition) is 10. The predicted molar refractivity (Wildman–Crippen MR) is 94.7 cm³/mol. The summed E-state index contributed by atoms with van der Waals surface area (Å²) >= 11 is 0. The van der Waals surface area contributed by atoms with Crippen LogP contribution in [0.25, 0.3) is 0 Å². The van der Waals surface area contributed by atoms with Gasteiger partial charge in [-0.15, -0.1) is 10.2 Å². The van der Waals surface area contributed by atoms with E-state index in [9.17, 15) is 0 Å². The molecule has 0 bridgehead atoms. The number of fused-ring (bicyclic) bond motifs is 1. The van der Waals surface area contributed by atoms with E-state index in [2.05, 4.69) is 37.7 Å². The average molecular weight is 354 g/mol. The van der Waals surface area contributed by atoms with E-state index in [-0.39, 0.29) is 0 Å². The lowest BCUT2D eigenvalue weighted by atomic mass is 10.2. The topological polar surface area (TPSA) is 103 Å². The van der Waals surface area contributed by atoms with Gasteiger partial charge >= 0.3 is 6.01 Å². The van der Waals surface area contributed by atoms with Crippen LogP contribution < -0.4 is 10.9 Å². The minimum atomic E-state index is 0.302. The SMILES string of the molecule is C=C1N(COC)NN=C2C(c3nnc(NCc4ccccc4)o3)=NCN12. The first-order valence-electron chi connectivity index (χ1n) is 7.99. The molecule has 0 saturated carbocycles. The Kier molecular flexibility index (Phi) is 4.23. The van der Waals surface area contributed by atoms with E-state index in [1.807, 2.05) is 35.2 Å². The number of nitrogens with zero attached hydrogens (tertiary/aromatic N) is 6. The summed E-state index contributed by atoms with van der Waals surface area (Å²) in [5, 5.41) is 17.2. The van der Waals surface area contributed by atoms with Crippen LogP contribution >= 0.6 is 0 Å². The summed E-state index contributed by atoms with van der Waals surface area (Å²) in [5.74, 6) is 1.56. The van der Waals surface area contributed by atoms with Crippen molar-refractivity contribution in [2.24, 2.45) is 10.1 Å².